The molecular formula is C18H19N3O4. The predicted molar refractivity (Wildman–Crippen MR) is 94.7 cm³/mol. The standard InChI is InChI=1S/C18H19N3O4/c1-23-15-5-3-14(4-6-15)19-12-18(22)21-20-11-13-2-7-16-17(10-13)25-9-8-24-16/h2-7,10-11,19H,8-9,12H2,1H3,(H,21,22)/b20-11-. The third kappa shape index (κ3) is 4.63. The summed E-state index contributed by atoms with van der Waals surface area (Å²) in [5, 5.41) is 6.96. The molecule has 2 N–H and O–H groups in total. The highest BCUT2D eigenvalue weighted by atomic mass is 16.6. The van der Waals surface area contributed by atoms with Crippen LogP contribution in [0.1, 0.15) is 5.56 Å². The van der Waals surface area contributed by atoms with Gasteiger partial charge in [0.2, 0.25) is 0 Å². The molecule has 0 radical (unpaired) electrons. The molecule has 7 heteroatoms. The van der Waals surface area contributed by atoms with Crippen molar-refractivity contribution in [2.45, 2.75) is 0 Å². The highest BCUT2D eigenvalue weighted by Gasteiger charge is 2.10. The van der Waals surface area contributed by atoms with Crippen LogP contribution < -0.4 is 25.0 Å². The minimum absolute atomic E-state index is 0.116. The average molecular weight is 341 g/mol. The summed E-state index contributed by atoms with van der Waals surface area (Å²) in [5.74, 6) is 1.92. The number of amides is 1. The smallest absolute Gasteiger partial charge is 0.259 e. The van der Waals surface area contributed by atoms with Crippen LogP contribution in [0.15, 0.2) is 47.6 Å². The van der Waals surface area contributed by atoms with Gasteiger partial charge in [-0.25, -0.2) is 5.43 Å². The highest BCUT2D eigenvalue weighted by Crippen LogP contribution is 2.30. The summed E-state index contributed by atoms with van der Waals surface area (Å²) in [6.45, 7) is 1.20. The number of carbonyl (C=O) groups excluding carboxylic acids is 1. The molecule has 1 heterocycles. The summed E-state index contributed by atoms with van der Waals surface area (Å²) >= 11 is 0. The number of hydrogen-bond donors (Lipinski definition) is 2. The summed E-state index contributed by atoms with van der Waals surface area (Å²) in [4.78, 5) is 11.8. The van der Waals surface area contributed by atoms with E-state index in [-0.39, 0.29) is 12.5 Å². The van der Waals surface area contributed by atoms with E-state index in [4.69, 9.17) is 14.2 Å². The van der Waals surface area contributed by atoms with E-state index >= 15 is 0 Å². The molecule has 2 aromatic rings. The number of nitrogens with one attached hydrogen (secondary N) is 2. The lowest BCUT2D eigenvalue weighted by Crippen LogP contribution is -2.25. The summed E-state index contributed by atoms with van der Waals surface area (Å²) in [7, 11) is 1.61. The Morgan fingerprint density at radius 2 is 1.92 bits per heavy atom. The number of methoxy groups -OCH3 is 1. The number of nitrogens with zero attached hydrogens (tertiary/aromatic N) is 1. The first-order chi connectivity index (χ1) is 12.2. The molecule has 0 unspecified atom stereocenters. The Morgan fingerprint density at radius 3 is 2.68 bits per heavy atom. The first-order valence-corrected chi connectivity index (χ1v) is 7.84. The van der Waals surface area contributed by atoms with Crippen molar-refractivity contribution in [1.82, 2.24) is 5.43 Å². The number of anilines is 1. The molecule has 25 heavy (non-hydrogen) atoms. The number of hydrogen-bond acceptors (Lipinski definition) is 6. The second-order valence-electron chi connectivity index (χ2n) is 5.28. The van der Waals surface area contributed by atoms with Gasteiger partial charge in [0.1, 0.15) is 19.0 Å². The molecule has 7 nitrogen and oxygen atoms in total. The molecule has 3 rings (SSSR count). The van der Waals surface area contributed by atoms with Gasteiger partial charge in [-0.1, -0.05) is 0 Å². The summed E-state index contributed by atoms with van der Waals surface area (Å²) < 4.78 is 16.0. The maximum atomic E-state index is 11.8. The van der Waals surface area contributed by atoms with Crippen molar-refractivity contribution in [3.63, 3.8) is 0 Å². The van der Waals surface area contributed by atoms with E-state index in [0.29, 0.717) is 19.0 Å². The lowest BCUT2D eigenvalue weighted by molar-refractivity contribution is -0.119. The molecule has 0 atom stereocenters. The number of carbonyl (C=O) groups is 1. The Balaban J connectivity index is 1.47. The Hall–Kier alpha value is -3.22. The van der Waals surface area contributed by atoms with Crippen LogP contribution >= 0.6 is 0 Å². The first kappa shape index (κ1) is 16.6. The molecule has 0 saturated heterocycles. The number of fused-ring (bicyclic) bond motifs is 1. The maximum Gasteiger partial charge on any atom is 0.259 e. The Labute approximate surface area is 145 Å². The van der Waals surface area contributed by atoms with Gasteiger partial charge in [-0.05, 0) is 48.0 Å². The lowest BCUT2D eigenvalue weighted by Gasteiger charge is -2.18. The third-order valence-electron chi connectivity index (χ3n) is 3.51. The van der Waals surface area contributed by atoms with Gasteiger partial charge < -0.3 is 19.5 Å². The van der Waals surface area contributed by atoms with Crippen LogP contribution in [0.25, 0.3) is 0 Å². The molecule has 2 aromatic carbocycles. The fourth-order valence-corrected chi connectivity index (χ4v) is 2.25. The van der Waals surface area contributed by atoms with Crippen molar-refractivity contribution >= 4 is 17.8 Å². The Morgan fingerprint density at radius 1 is 1.16 bits per heavy atom. The van der Waals surface area contributed by atoms with Gasteiger partial charge in [0.25, 0.3) is 5.91 Å². The zero-order valence-electron chi connectivity index (χ0n) is 13.8. The number of ether oxygens (including phenoxy) is 3. The minimum atomic E-state index is -0.246. The van der Waals surface area contributed by atoms with Crippen LogP contribution in [0.4, 0.5) is 5.69 Å². The van der Waals surface area contributed by atoms with Crippen LogP contribution in [-0.4, -0.2) is 39.0 Å². The van der Waals surface area contributed by atoms with Crippen LogP contribution in [0.5, 0.6) is 17.2 Å². The monoisotopic (exact) mass is 341 g/mol. The van der Waals surface area contributed by atoms with E-state index in [2.05, 4.69) is 15.8 Å². The summed E-state index contributed by atoms with van der Waals surface area (Å²) in [6.07, 6.45) is 1.56. The van der Waals surface area contributed by atoms with Crippen molar-refractivity contribution < 1.29 is 19.0 Å². The Kier molecular flexibility index (Phi) is 5.36. The van der Waals surface area contributed by atoms with Gasteiger partial charge in [0.05, 0.1) is 19.9 Å². The van der Waals surface area contributed by atoms with Crippen LogP contribution in [-0.2, 0) is 4.79 Å². The number of hydrazone groups is 1. The van der Waals surface area contributed by atoms with Crippen LogP contribution in [0.2, 0.25) is 0 Å². The predicted octanol–water partition coefficient (Wildman–Crippen LogP) is 2.03. The summed E-state index contributed by atoms with van der Waals surface area (Å²) in [6, 6.07) is 12.8. The largest absolute Gasteiger partial charge is 0.497 e. The van der Waals surface area contributed by atoms with Crippen molar-refractivity contribution in [1.29, 1.82) is 0 Å². The quantitative estimate of drug-likeness (QED) is 0.621. The maximum absolute atomic E-state index is 11.8. The second-order valence-corrected chi connectivity index (χ2v) is 5.28. The average Bonchev–Trinajstić information content (AvgIpc) is 2.66. The highest BCUT2D eigenvalue weighted by molar-refractivity contribution is 5.84. The molecule has 0 spiro atoms. The van der Waals surface area contributed by atoms with E-state index in [1.54, 1.807) is 13.3 Å². The normalized spacial score (nSPS) is 12.7. The molecule has 0 bridgehead atoms. The van der Waals surface area contributed by atoms with E-state index in [1.165, 1.54) is 0 Å². The van der Waals surface area contributed by atoms with Gasteiger partial charge in [-0.15, -0.1) is 0 Å². The van der Waals surface area contributed by atoms with E-state index in [0.717, 1.165) is 22.7 Å². The summed E-state index contributed by atoms with van der Waals surface area (Å²) in [5.41, 5.74) is 4.11. The zero-order chi connectivity index (χ0) is 17.5. The molecule has 130 valence electrons. The van der Waals surface area contributed by atoms with Gasteiger partial charge in [-0.3, -0.25) is 4.79 Å². The van der Waals surface area contributed by atoms with E-state index < -0.39 is 0 Å². The number of rotatable bonds is 6. The SMILES string of the molecule is COc1ccc(NCC(=O)N/N=C\c2ccc3c(c2)OCCO3)cc1. The molecule has 0 aromatic heterocycles. The fourth-order valence-electron chi connectivity index (χ4n) is 2.25. The van der Waals surface area contributed by atoms with Crippen molar-refractivity contribution in [3.05, 3.63) is 48.0 Å². The first-order valence-electron chi connectivity index (χ1n) is 7.84. The van der Waals surface area contributed by atoms with Gasteiger partial charge >= 0.3 is 0 Å². The van der Waals surface area contributed by atoms with Crippen LogP contribution in [0, 0.1) is 0 Å². The molecule has 1 aliphatic heterocycles. The van der Waals surface area contributed by atoms with E-state index in [9.17, 15) is 4.79 Å². The molecular weight excluding hydrogens is 322 g/mol. The number of benzene rings is 2. The van der Waals surface area contributed by atoms with Crippen LogP contribution in [0.3, 0.4) is 0 Å². The lowest BCUT2D eigenvalue weighted by atomic mass is 10.2. The van der Waals surface area contributed by atoms with Gasteiger partial charge in [-0.2, -0.15) is 5.10 Å². The molecule has 1 aliphatic rings. The molecule has 0 saturated carbocycles. The molecule has 0 aliphatic carbocycles. The van der Waals surface area contributed by atoms with E-state index in [1.807, 2.05) is 42.5 Å². The topological polar surface area (TPSA) is 81.2 Å². The van der Waals surface area contributed by atoms with Gasteiger partial charge in [0.15, 0.2) is 11.5 Å². The fraction of sp³-hybridized carbons (Fsp3) is 0.222. The third-order valence-corrected chi connectivity index (χ3v) is 3.51. The molecule has 1 amide bonds. The second kappa shape index (κ2) is 8.05. The Bertz CT molecular complexity index is 759. The van der Waals surface area contributed by atoms with Crippen molar-refractivity contribution in [2.24, 2.45) is 5.10 Å². The van der Waals surface area contributed by atoms with Crippen molar-refractivity contribution in [2.75, 3.05) is 32.2 Å². The molecule has 0 fully saturated rings. The minimum Gasteiger partial charge on any atom is -0.497 e. The van der Waals surface area contributed by atoms with Crippen molar-refractivity contribution in [3.8, 4) is 17.2 Å². The van der Waals surface area contributed by atoms with Gasteiger partial charge in [0, 0.05) is 5.69 Å². The zero-order valence-corrected chi connectivity index (χ0v) is 13.8.